The fourth-order valence-electron chi connectivity index (χ4n) is 2.68. The number of H-pyrrole nitrogens is 1. The van der Waals surface area contributed by atoms with Crippen molar-refractivity contribution in [3.05, 3.63) is 71.4 Å². The standard InChI is InChI=1S/C19H20N2O/c1-14-4-2-3-5-16(14)8-11-21-19(22)13-15-6-7-17-9-10-20-18(17)12-15/h2-7,9-10,12,20H,8,11,13H2,1H3,(H,21,22). The number of hydrogen-bond donors (Lipinski definition) is 2. The summed E-state index contributed by atoms with van der Waals surface area (Å²) in [6, 6.07) is 16.4. The van der Waals surface area contributed by atoms with Crippen LogP contribution in [-0.4, -0.2) is 17.4 Å². The molecule has 0 bridgehead atoms. The van der Waals surface area contributed by atoms with Crippen molar-refractivity contribution in [2.45, 2.75) is 19.8 Å². The molecule has 0 atom stereocenters. The largest absolute Gasteiger partial charge is 0.361 e. The third-order valence-electron chi connectivity index (χ3n) is 3.96. The van der Waals surface area contributed by atoms with Crippen LogP contribution in [0.1, 0.15) is 16.7 Å². The van der Waals surface area contributed by atoms with Crippen LogP contribution in [0.15, 0.2) is 54.7 Å². The maximum atomic E-state index is 12.0. The first-order valence-corrected chi connectivity index (χ1v) is 7.59. The van der Waals surface area contributed by atoms with Gasteiger partial charge in [-0.25, -0.2) is 0 Å². The van der Waals surface area contributed by atoms with Crippen LogP contribution < -0.4 is 5.32 Å². The molecule has 0 unspecified atom stereocenters. The van der Waals surface area contributed by atoms with Crippen molar-refractivity contribution in [1.29, 1.82) is 0 Å². The monoisotopic (exact) mass is 292 g/mol. The van der Waals surface area contributed by atoms with Gasteiger partial charge in [-0.3, -0.25) is 4.79 Å². The van der Waals surface area contributed by atoms with E-state index in [2.05, 4.69) is 29.4 Å². The quantitative estimate of drug-likeness (QED) is 0.744. The zero-order valence-electron chi connectivity index (χ0n) is 12.7. The summed E-state index contributed by atoms with van der Waals surface area (Å²) in [6.45, 7) is 2.77. The molecule has 3 aromatic rings. The second-order valence-corrected chi connectivity index (χ2v) is 5.60. The molecule has 112 valence electrons. The molecule has 1 amide bonds. The molecule has 0 saturated heterocycles. The van der Waals surface area contributed by atoms with Gasteiger partial charge in [0.25, 0.3) is 0 Å². The Hall–Kier alpha value is -2.55. The molecular weight excluding hydrogens is 272 g/mol. The highest BCUT2D eigenvalue weighted by Crippen LogP contribution is 2.14. The van der Waals surface area contributed by atoms with Gasteiger partial charge in [0, 0.05) is 18.3 Å². The Morgan fingerprint density at radius 1 is 1.14 bits per heavy atom. The Morgan fingerprint density at radius 2 is 2.00 bits per heavy atom. The van der Waals surface area contributed by atoms with E-state index >= 15 is 0 Å². The van der Waals surface area contributed by atoms with Crippen LogP contribution in [0.3, 0.4) is 0 Å². The molecule has 2 N–H and O–H groups in total. The average Bonchev–Trinajstić information content (AvgIpc) is 2.97. The minimum Gasteiger partial charge on any atom is -0.361 e. The summed E-state index contributed by atoms with van der Waals surface area (Å²) in [7, 11) is 0. The van der Waals surface area contributed by atoms with Crippen molar-refractivity contribution < 1.29 is 4.79 Å². The van der Waals surface area contributed by atoms with E-state index in [1.807, 2.05) is 42.6 Å². The van der Waals surface area contributed by atoms with E-state index in [4.69, 9.17) is 0 Å². The number of carbonyl (C=O) groups excluding carboxylic acids is 1. The molecule has 0 aliphatic heterocycles. The van der Waals surface area contributed by atoms with Gasteiger partial charge in [-0.1, -0.05) is 36.4 Å². The Bertz CT molecular complexity index is 789. The third kappa shape index (κ3) is 3.37. The number of nitrogens with one attached hydrogen (secondary N) is 2. The van der Waals surface area contributed by atoms with Gasteiger partial charge in [0.05, 0.1) is 6.42 Å². The highest BCUT2D eigenvalue weighted by atomic mass is 16.1. The predicted molar refractivity (Wildman–Crippen MR) is 89.9 cm³/mol. The average molecular weight is 292 g/mol. The highest BCUT2D eigenvalue weighted by molar-refractivity contribution is 5.83. The number of benzene rings is 2. The molecule has 3 rings (SSSR count). The van der Waals surface area contributed by atoms with Crippen LogP contribution in [0.5, 0.6) is 0 Å². The first-order valence-electron chi connectivity index (χ1n) is 7.59. The molecule has 1 aromatic heterocycles. The van der Waals surface area contributed by atoms with Gasteiger partial charge in [-0.15, -0.1) is 0 Å². The zero-order chi connectivity index (χ0) is 15.4. The molecule has 0 fully saturated rings. The van der Waals surface area contributed by atoms with Gasteiger partial charge in [0.15, 0.2) is 0 Å². The molecule has 2 aromatic carbocycles. The van der Waals surface area contributed by atoms with E-state index < -0.39 is 0 Å². The number of aryl methyl sites for hydroxylation is 1. The fourth-order valence-corrected chi connectivity index (χ4v) is 2.68. The Morgan fingerprint density at radius 3 is 2.86 bits per heavy atom. The minimum atomic E-state index is 0.0690. The van der Waals surface area contributed by atoms with Crippen molar-refractivity contribution >= 4 is 16.8 Å². The van der Waals surface area contributed by atoms with Crippen molar-refractivity contribution in [2.75, 3.05) is 6.54 Å². The molecule has 22 heavy (non-hydrogen) atoms. The lowest BCUT2D eigenvalue weighted by atomic mass is 10.1. The van der Waals surface area contributed by atoms with Gasteiger partial charge >= 0.3 is 0 Å². The van der Waals surface area contributed by atoms with E-state index in [0.717, 1.165) is 17.5 Å². The molecule has 1 heterocycles. The molecule has 0 spiro atoms. The number of amides is 1. The molecule has 0 saturated carbocycles. The molecule has 3 nitrogen and oxygen atoms in total. The van der Waals surface area contributed by atoms with Crippen LogP contribution in [0.2, 0.25) is 0 Å². The van der Waals surface area contributed by atoms with Crippen molar-refractivity contribution in [1.82, 2.24) is 10.3 Å². The lowest BCUT2D eigenvalue weighted by molar-refractivity contribution is -0.120. The summed E-state index contributed by atoms with van der Waals surface area (Å²) >= 11 is 0. The number of carbonyl (C=O) groups is 1. The van der Waals surface area contributed by atoms with E-state index in [1.165, 1.54) is 16.5 Å². The van der Waals surface area contributed by atoms with Gasteiger partial charge < -0.3 is 10.3 Å². The molecule has 0 aliphatic rings. The Kier molecular flexibility index (Phi) is 4.24. The SMILES string of the molecule is Cc1ccccc1CCNC(=O)Cc1ccc2cc[nH]c2c1. The van der Waals surface area contributed by atoms with Crippen LogP contribution >= 0.6 is 0 Å². The van der Waals surface area contributed by atoms with Crippen LogP contribution in [0.25, 0.3) is 10.9 Å². The third-order valence-corrected chi connectivity index (χ3v) is 3.96. The topological polar surface area (TPSA) is 44.9 Å². The Labute approximate surface area is 130 Å². The summed E-state index contributed by atoms with van der Waals surface area (Å²) in [6.07, 6.45) is 3.20. The second-order valence-electron chi connectivity index (χ2n) is 5.60. The first-order chi connectivity index (χ1) is 10.7. The van der Waals surface area contributed by atoms with Gasteiger partial charge in [-0.2, -0.15) is 0 Å². The van der Waals surface area contributed by atoms with E-state index in [1.54, 1.807) is 0 Å². The summed E-state index contributed by atoms with van der Waals surface area (Å²) in [5.41, 5.74) is 4.66. The lowest BCUT2D eigenvalue weighted by Gasteiger charge is -2.07. The minimum absolute atomic E-state index is 0.0690. The summed E-state index contributed by atoms with van der Waals surface area (Å²) in [4.78, 5) is 15.2. The van der Waals surface area contributed by atoms with Crippen molar-refractivity contribution in [2.24, 2.45) is 0 Å². The molecule has 3 heteroatoms. The normalized spacial score (nSPS) is 10.8. The maximum Gasteiger partial charge on any atom is 0.224 e. The van der Waals surface area contributed by atoms with Gasteiger partial charge in [-0.05, 0) is 47.6 Å². The highest BCUT2D eigenvalue weighted by Gasteiger charge is 2.05. The van der Waals surface area contributed by atoms with Gasteiger partial charge in [0.1, 0.15) is 0 Å². The summed E-state index contributed by atoms with van der Waals surface area (Å²) < 4.78 is 0. The summed E-state index contributed by atoms with van der Waals surface area (Å²) in [5, 5.41) is 4.17. The number of fused-ring (bicyclic) bond motifs is 1. The lowest BCUT2D eigenvalue weighted by Crippen LogP contribution is -2.27. The maximum absolute atomic E-state index is 12.0. The zero-order valence-corrected chi connectivity index (χ0v) is 12.7. The van der Waals surface area contributed by atoms with E-state index in [0.29, 0.717) is 13.0 Å². The Balaban J connectivity index is 1.53. The summed E-state index contributed by atoms with van der Waals surface area (Å²) in [5.74, 6) is 0.0690. The van der Waals surface area contributed by atoms with Crippen LogP contribution in [-0.2, 0) is 17.6 Å². The van der Waals surface area contributed by atoms with E-state index in [9.17, 15) is 4.79 Å². The number of aromatic nitrogens is 1. The second kappa shape index (κ2) is 6.48. The number of rotatable bonds is 5. The predicted octanol–water partition coefficient (Wildman–Crippen LogP) is 3.38. The molecule has 0 aliphatic carbocycles. The van der Waals surface area contributed by atoms with Crippen molar-refractivity contribution in [3.8, 4) is 0 Å². The smallest absolute Gasteiger partial charge is 0.224 e. The molecule has 0 radical (unpaired) electrons. The number of hydrogen-bond acceptors (Lipinski definition) is 1. The first kappa shape index (κ1) is 14.4. The van der Waals surface area contributed by atoms with Crippen molar-refractivity contribution in [3.63, 3.8) is 0 Å². The van der Waals surface area contributed by atoms with E-state index in [-0.39, 0.29) is 5.91 Å². The fraction of sp³-hybridized carbons (Fsp3) is 0.211. The van der Waals surface area contributed by atoms with Crippen LogP contribution in [0.4, 0.5) is 0 Å². The molecular formula is C19H20N2O. The number of aromatic amines is 1. The van der Waals surface area contributed by atoms with Gasteiger partial charge in [0.2, 0.25) is 5.91 Å². The van der Waals surface area contributed by atoms with Crippen LogP contribution in [0, 0.1) is 6.92 Å².